The van der Waals surface area contributed by atoms with Gasteiger partial charge in [0.1, 0.15) is 11.6 Å². The number of rotatable bonds is 9. The SMILES string of the molecule is CC(C)COc1cccc(C(=O)OCC(=O)NCCc2ccc(F)cc2)c1. The van der Waals surface area contributed by atoms with Crippen LogP contribution in [0.25, 0.3) is 0 Å². The van der Waals surface area contributed by atoms with Crippen molar-refractivity contribution in [2.24, 2.45) is 5.92 Å². The van der Waals surface area contributed by atoms with Gasteiger partial charge in [-0.3, -0.25) is 4.79 Å². The van der Waals surface area contributed by atoms with Crippen LogP contribution in [0.5, 0.6) is 5.75 Å². The summed E-state index contributed by atoms with van der Waals surface area (Å²) in [6.07, 6.45) is 0.565. The van der Waals surface area contributed by atoms with Crippen LogP contribution in [0.3, 0.4) is 0 Å². The van der Waals surface area contributed by atoms with Crippen molar-refractivity contribution >= 4 is 11.9 Å². The van der Waals surface area contributed by atoms with Gasteiger partial charge in [-0.15, -0.1) is 0 Å². The van der Waals surface area contributed by atoms with Crippen molar-refractivity contribution in [1.29, 1.82) is 0 Å². The zero-order valence-corrected chi connectivity index (χ0v) is 15.5. The minimum absolute atomic E-state index is 0.298. The Labute approximate surface area is 158 Å². The predicted molar refractivity (Wildman–Crippen MR) is 100 cm³/mol. The molecule has 2 aromatic rings. The van der Waals surface area contributed by atoms with Gasteiger partial charge in [0, 0.05) is 6.54 Å². The molecule has 0 aromatic heterocycles. The molecule has 0 aliphatic rings. The summed E-state index contributed by atoms with van der Waals surface area (Å²) in [5.74, 6) is -0.314. The molecule has 1 N–H and O–H groups in total. The standard InChI is InChI=1S/C21H24FNO4/c1-15(2)13-26-19-5-3-4-17(12-19)21(25)27-14-20(24)23-11-10-16-6-8-18(22)9-7-16/h3-9,12,15H,10-11,13-14H2,1-2H3,(H,23,24). The molecule has 2 aromatic carbocycles. The number of carbonyl (C=O) groups excluding carboxylic acids is 2. The monoisotopic (exact) mass is 373 g/mol. The largest absolute Gasteiger partial charge is 0.493 e. The zero-order valence-electron chi connectivity index (χ0n) is 15.5. The van der Waals surface area contributed by atoms with Crippen molar-refractivity contribution in [3.05, 3.63) is 65.5 Å². The first kappa shape index (κ1) is 20.4. The van der Waals surface area contributed by atoms with Crippen molar-refractivity contribution in [1.82, 2.24) is 5.32 Å². The number of benzene rings is 2. The summed E-state index contributed by atoms with van der Waals surface area (Å²) in [5, 5.41) is 2.66. The van der Waals surface area contributed by atoms with E-state index in [1.54, 1.807) is 36.4 Å². The van der Waals surface area contributed by atoms with Crippen LogP contribution >= 0.6 is 0 Å². The van der Waals surface area contributed by atoms with Crippen molar-refractivity contribution in [2.45, 2.75) is 20.3 Å². The Hall–Kier alpha value is -2.89. The van der Waals surface area contributed by atoms with Crippen molar-refractivity contribution < 1.29 is 23.5 Å². The van der Waals surface area contributed by atoms with Crippen molar-refractivity contribution in [3.8, 4) is 5.75 Å². The van der Waals surface area contributed by atoms with E-state index in [1.807, 2.05) is 13.8 Å². The fourth-order valence-corrected chi connectivity index (χ4v) is 2.24. The smallest absolute Gasteiger partial charge is 0.338 e. The van der Waals surface area contributed by atoms with Gasteiger partial charge in [-0.1, -0.05) is 32.0 Å². The second kappa shape index (κ2) is 10.3. The first-order valence-corrected chi connectivity index (χ1v) is 8.85. The number of hydrogen-bond donors (Lipinski definition) is 1. The van der Waals surface area contributed by atoms with Gasteiger partial charge in [0.05, 0.1) is 12.2 Å². The van der Waals surface area contributed by atoms with Gasteiger partial charge in [0.2, 0.25) is 0 Å². The Kier molecular flexibility index (Phi) is 7.79. The van der Waals surface area contributed by atoms with E-state index >= 15 is 0 Å². The van der Waals surface area contributed by atoms with E-state index in [2.05, 4.69) is 5.32 Å². The highest BCUT2D eigenvalue weighted by Gasteiger charge is 2.11. The van der Waals surface area contributed by atoms with E-state index in [-0.39, 0.29) is 12.4 Å². The van der Waals surface area contributed by atoms with Gasteiger partial charge in [0.15, 0.2) is 6.61 Å². The molecule has 0 atom stereocenters. The third-order valence-corrected chi connectivity index (χ3v) is 3.64. The number of hydrogen-bond acceptors (Lipinski definition) is 4. The zero-order chi connectivity index (χ0) is 19.6. The number of amides is 1. The van der Waals surface area contributed by atoms with Crippen LogP contribution < -0.4 is 10.1 Å². The van der Waals surface area contributed by atoms with Crippen molar-refractivity contribution in [3.63, 3.8) is 0 Å². The Morgan fingerprint density at radius 3 is 2.56 bits per heavy atom. The lowest BCUT2D eigenvalue weighted by molar-refractivity contribution is -0.124. The summed E-state index contributed by atoms with van der Waals surface area (Å²) in [7, 11) is 0. The quantitative estimate of drug-likeness (QED) is 0.685. The minimum atomic E-state index is -0.585. The third-order valence-electron chi connectivity index (χ3n) is 3.64. The molecule has 2 rings (SSSR count). The molecule has 0 saturated heterocycles. The fourth-order valence-electron chi connectivity index (χ4n) is 2.24. The van der Waals surface area contributed by atoms with Crippen LogP contribution in [-0.4, -0.2) is 31.6 Å². The Morgan fingerprint density at radius 1 is 1.11 bits per heavy atom. The molecule has 27 heavy (non-hydrogen) atoms. The topological polar surface area (TPSA) is 64.6 Å². The van der Waals surface area contributed by atoms with Gasteiger partial charge in [0.25, 0.3) is 5.91 Å². The van der Waals surface area contributed by atoms with Crippen molar-refractivity contribution in [2.75, 3.05) is 19.8 Å². The number of nitrogens with one attached hydrogen (secondary N) is 1. The van der Waals surface area contributed by atoms with E-state index in [0.717, 1.165) is 5.56 Å². The molecule has 0 aliphatic heterocycles. The van der Waals surface area contributed by atoms with Crippen LogP contribution in [0.15, 0.2) is 48.5 Å². The van der Waals surface area contributed by atoms with Gasteiger partial charge in [-0.2, -0.15) is 0 Å². The molecule has 0 aliphatic carbocycles. The summed E-state index contributed by atoms with van der Waals surface area (Å²) in [6, 6.07) is 12.7. The van der Waals surface area contributed by atoms with Gasteiger partial charge >= 0.3 is 5.97 Å². The van der Waals surface area contributed by atoms with Crippen LogP contribution in [0, 0.1) is 11.7 Å². The minimum Gasteiger partial charge on any atom is -0.493 e. The lowest BCUT2D eigenvalue weighted by Crippen LogP contribution is -2.30. The summed E-state index contributed by atoms with van der Waals surface area (Å²) in [5.41, 5.74) is 1.24. The highest BCUT2D eigenvalue weighted by Crippen LogP contribution is 2.15. The fraction of sp³-hybridized carbons (Fsp3) is 0.333. The van der Waals surface area contributed by atoms with Gasteiger partial charge < -0.3 is 14.8 Å². The maximum Gasteiger partial charge on any atom is 0.338 e. The predicted octanol–water partition coefficient (Wildman–Crippen LogP) is 3.38. The highest BCUT2D eigenvalue weighted by molar-refractivity contribution is 5.91. The van der Waals surface area contributed by atoms with E-state index < -0.39 is 11.9 Å². The maximum absolute atomic E-state index is 12.8. The molecule has 0 heterocycles. The van der Waals surface area contributed by atoms with E-state index in [4.69, 9.17) is 9.47 Å². The summed E-state index contributed by atoms with van der Waals surface area (Å²) in [6.45, 7) is 4.63. The Balaban J connectivity index is 1.73. The van der Waals surface area contributed by atoms with Crippen LogP contribution in [0.4, 0.5) is 4.39 Å². The molecular weight excluding hydrogens is 349 g/mol. The molecule has 0 spiro atoms. The normalized spacial score (nSPS) is 10.5. The van der Waals surface area contributed by atoms with Crippen LogP contribution in [0.2, 0.25) is 0 Å². The lowest BCUT2D eigenvalue weighted by Gasteiger charge is -2.10. The maximum atomic E-state index is 12.8. The number of halogens is 1. The molecule has 1 amide bonds. The molecule has 144 valence electrons. The van der Waals surface area contributed by atoms with Crippen LogP contribution in [0.1, 0.15) is 29.8 Å². The first-order chi connectivity index (χ1) is 12.9. The summed E-state index contributed by atoms with van der Waals surface area (Å²) >= 11 is 0. The van der Waals surface area contributed by atoms with E-state index in [1.165, 1.54) is 12.1 Å². The van der Waals surface area contributed by atoms with Gasteiger partial charge in [-0.05, 0) is 48.2 Å². The first-order valence-electron chi connectivity index (χ1n) is 8.85. The molecule has 0 unspecified atom stereocenters. The highest BCUT2D eigenvalue weighted by atomic mass is 19.1. The second-order valence-electron chi connectivity index (χ2n) is 6.54. The van der Waals surface area contributed by atoms with Gasteiger partial charge in [-0.25, -0.2) is 9.18 Å². The molecule has 6 heteroatoms. The average molecular weight is 373 g/mol. The number of ether oxygens (including phenoxy) is 2. The Morgan fingerprint density at radius 2 is 1.85 bits per heavy atom. The molecule has 5 nitrogen and oxygen atoms in total. The molecule has 0 radical (unpaired) electrons. The molecule has 0 bridgehead atoms. The third kappa shape index (κ3) is 7.48. The second-order valence-corrected chi connectivity index (χ2v) is 6.54. The molecular formula is C21H24FNO4. The lowest BCUT2D eigenvalue weighted by atomic mass is 10.1. The number of carbonyl (C=O) groups is 2. The van der Waals surface area contributed by atoms with Crippen LogP contribution in [-0.2, 0) is 16.0 Å². The summed E-state index contributed by atoms with van der Waals surface area (Å²) in [4.78, 5) is 23.9. The number of esters is 1. The van der Waals surface area contributed by atoms with E-state index in [0.29, 0.717) is 36.8 Å². The average Bonchev–Trinajstić information content (AvgIpc) is 2.66. The molecule has 0 saturated carbocycles. The molecule has 0 fully saturated rings. The van der Waals surface area contributed by atoms with E-state index in [9.17, 15) is 14.0 Å². The summed E-state index contributed by atoms with van der Waals surface area (Å²) < 4.78 is 23.4. The Bertz CT molecular complexity index is 759.